The van der Waals surface area contributed by atoms with E-state index in [-0.39, 0.29) is 25.2 Å². The molecule has 1 unspecified atom stereocenters. The van der Waals surface area contributed by atoms with Crippen LogP contribution in [0.5, 0.6) is 0 Å². The predicted molar refractivity (Wildman–Crippen MR) is 69.1 cm³/mol. The number of carbonyl (C=O) groups excluding carboxylic acids is 1. The Morgan fingerprint density at radius 3 is 2.06 bits per heavy atom. The fourth-order valence-electron chi connectivity index (χ4n) is 1.95. The highest BCUT2D eigenvalue weighted by atomic mass is 16.3. The van der Waals surface area contributed by atoms with Gasteiger partial charge in [-0.15, -0.1) is 0 Å². The van der Waals surface area contributed by atoms with Crippen LogP contribution in [0.4, 0.5) is 0 Å². The molecule has 0 aromatic rings. The molecule has 6 heteroatoms. The first kappa shape index (κ1) is 17.3. The number of hydrogen-bond acceptors (Lipinski definition) is 5. The highest BCUT2D eigenvalue weighted by molar-refractivity contribution is 5.73. The molecule has 108 valence electrons. The first-order valence-electron chi connectivity index (χ1n) is 6.26. The quantitative estimate of drug-likeness (QED) is 0.447. The van der Waals surface area contributed by atoms with Gasteiger partial charge in [-0.05, 0) is 20.8 Å². The summed E-state index contributed by atoms with van der Waals surface area (Å²) < 4.78 is 0. The smallest absolute Gasteiger partial charge is 0.217 e. The number of rotatable bonds is 8. The Labute approximate surface area is 109 Å². The normalized spacial score (nSPS) is 16.7. The van der Waals surface area contributed by atoms with Gasteiger partial charge in [0.1, 0.15) is 0 Å². The number of aliphatic hydroxyl groups is 3. The zero-order valence-corrected chi connectivity index (χ0v) is 11.6. The molecule has 0 rings (SSSR count). The van der Waals surface area contributed by atoms with Gasteiger partial charge in [-0.3, -0.25) is 9.69 Å². The van der Waals surface area contributed by atoms with E-state index in [1.165, 1.54) is 6.92 Å². The first-order valence-corrected chi connectivity index (χ1v) is 6.26. The van der Waals surface area contributed by atoms with Gasteiger partial charge < -0.3 is 20.6 Å². The molecule has 6 nitrogen and oxygen atoms in total. The fourth-order valence-corrected chi connectivity index (χ4v) is 1.95. The van der Waals surface area contributed by atoms with E-state index in [2.05, 4.69) is 5.32 Å². The van der Waals surface area contributed by atoms with Crippen LogP contribution in [0.3, 0.4) is 0 Å². The van der Waals surface area contributed by atoms with Gasteiger partial charge in [0.15, 0.2) is 0 Å². The second-order valence-corrected chi connectivity index (χ2v) is 4.86. The average Bonchev–Trinajstić information content (AvgIpc) is 2.25. The van der Waals surface area contributed by atoms with Gasteiger partial charge in [0.05, 0.1) is 31.4 Å². The minimum absolute atomic E-state index is 0.0829. The van der Waals surface area contributed by atoms with Crippen LogP contribution >= 0.6 is 0 Å². The molecular formula is C12H26N2O4. The molecule has 18 heavy (non-hydrogen) atoms. The van der Waals surface area contributed by atoms with Crippen molar-refractivity contribution >= 4 is 5.91 Å². The molecule has 0 fully saturated rings. The van der Waals surface area contributed by atoms with Gasteiger partial charge >= 0.3 is 0 Å². The standard InChI is InChI=1S/C12H26N2O4/c1-8(2)14(12(7-16)9(3)17)5-11(6-15)13-10(4)18/h8-9,11-12,15-17H,5-7H2,1-4H3,(H,13,18)/t9-,11-,12?/m1/s1. The number of hydrogen-bond donors (Lipinski definition) is 4. The summed E-state index contributed by atoms with van der Waals surface area (Å²) in [5, 5.41) is 30.9. The summed E-state index contributed by atoms with van der Waals surface area (Å²) in [4.78, 5) is 12.9. The van der Waals surface area contributed by atoms with Gasteiger partial charge in [0.25, 0.3) is 0 Å². The van der Waals surface area contributed by atoms with Crippen molar-refractivity contribution in [2.24, 2.45) is 0 Å². The largest absolute Gasteiger partial charge is 0.395 e. The lowest BCUT2D eigenvalue weighted by Crippen LogP contribution is -2.54. The van der Waals surface area contributed by atoms with Crippen LogP contribution in [-0.2, 0) is 4.79 Å². The van der Waals surface area contributed by atoms with E-state index in [0.717, 1.165) is 0 Å². The van der Waals surface area contributed by atoms with Gasteiger partial charge in [-0.25, -0.2) is 0 Å². The van der Waals surface area contributed by atoms with E-state index in [4.69, 9.17) is 0 Å². The minimum Gasteiger partial charge on any atom is -0.395 e. The lowest BCUT2D eigenvalue weighted by molar-refractivity contribution is -0.120. The third-order valence-corrected chi connectivity index (χ3v) is 2.89. The van der Waals surface area contributed by atoms with Gasteiger partial charge in [-0.1, -0.05) is 0 Å². The summed E-state index contributed by atoms with van der Waals surface area (Å²) in [7, 11) is 0. The lowest BCUT2D eigenvalue weighted by Gasteiger charge is -2.37. The maximum absolute atomic E-state index is 11.0. The molecule has 0 aliphatic carbocycles. The van der Waals surface area contributed by atoms with E-state index in [1.54, 1.807) is 6.92 Å². The summed E-state index contributed by atoms with van der Waals surface area (Å²) >= 11 is 0. The Hall–Kier alpha value is -0.690. The van der Waals surface area contributed by atoms with E-state index >= 15 is 0 Å². The summed E-state index contributed by atoms with van der Waals surface area (Å²) in [6.45, 7) is 6.91. The number of aliphatic hydroxyl groups excluding tert-OH is 3. The van der Waals surface area contributed by atoms with Gasteiger partial charge in [0, 0.05) is 19.5 Å². The van der Waals surface area contributed by atoms with Crippen molar-refractivity contribution in [2.75, 3.05) is 19.8 Å². The van der Waals surface area contributed by atoms with Crippen LogP contribution in [0.25, 0.3) is 0 Å². The van der Waals surface area contributed by atoms with E-state index < -0.39 is 18.2 Å². The lowest BCUT2D eigenvalue weighted by atomic mass is 10.1. The van der Waals surface area contributed by atoms with Crippen molar-refractivity contribution in [3.8, 4) is 0 Å². The van der Waals surface area contributed by atoms with Crippen molar-refractivity contribution in [1.29, 1.82) is 0 Å². The average molecular weight is 262 g/mol. The Balaban J connectivity index is 4.73. The fraction of sp³-hybridized carbons (Fsp3) is 0.917. The number of carbonyl (C=O) groups is 1. The number of nitrogens with zero attached hydrogens (tertiary/aromatic N) is 1. The summed E-state index contributed by atoms with van der Waals surface area (Å²) in [6, 6.07) is -0.731. The molecule has 0 aliphatic rings. The van der Waals surface area contributed by atoms with Crippen molar-refractivity contribution in [1.82, 2.24) is 10.2 Å². The Morgan fingerprint density at radius 1 is 1.22 bits per heavy atom. The molecule has 0 aromatic carbocycles. The SMILES string of the molecule is CC(=O)N[C@@H](CO)CN(C(C)C)C(CO)[C@@H](C)O. The van der Waals surface area contributed by atoms with Crippen LogP contribution in [-0.4, -0.2) is 70.1 Å². The van der Waals surface area contributed by atoms with E-state index in [1.807, 2.05) is 18.7 Å². The molecule has 0 radical (unpaired) electrons. The number of nitrogens with one attached hydrogen (secondary N) is 1. The van der Waals surface area contributed by atoms with E-state index in [0.29, 0.717) is 6.54 Å². The Morgan fingerprint density at radius 2 is 1.78 bits per heavy atom. The predicted octanol–water partition coefficient (Wildman–Crippen LogP) is -1.06. The number of amides is 1. The molecule has 0 aliphatic heterocycles. The zero-order valence-electron chi connectivity index (χ0n) is 11.6. The molecule has 0 aromatic heterocycles. The second kappa shape index (κ2) is 8.42. The van der Waals surface area contributed by atoms with Crippen LogP contribution in [0.15, 0.2) is 0 Å². The van der Waals surface area contributed by atoms with E-state index in [9.17, 15) is 20.1 Å². The maximum atomic E-state index is 11.0. The molecule has 3 atom stereocenters. The zero-order chi connectivity index (χ0) is 14.3. The van der Waals surface area contributed by atoms with Crippen LogP contribution < -0.4 is 5.32 Å². The molecule has 0 spiro atoms. The molecular weight excluding hydrogens is 236 g/mol. The van der Waals surface area contributed by atoms with Crippen molar-refractivity contribution in [2.45, 2.75) is 51.9 Å². The Bertz CT molecular complexity index is 246. The van der Waals surface area contributed by atoms with Crippen molar-refractivity contribution < 1.29 is 20.1 Å². The summed E-state index contributed by atoms with van der Waals surface area (Å²) in [5.74, 6) is -0.213. The van der Waals surface area contributed by atoms with Crippen molar-refractivity contribution in [3.63, 3.8) is 0 Å². The van der Waals surface area contributed by atoms with Gasteiger partial charge in [0.2, 0.25) is 5.91 Å². The van der Waals surface area contributed by atoms with Crippen LogP contribution in [0.2, 0.25) is 0 Å². The maximum Gasteiger partial charge on any atom is 0.217 e. The third-order valence-electron chi connectivity index (χ3n) is 2.89. The third kappa shape index (κ3) is 5.77. The molecule has 0 saturated heterocycles. The Kier molecular flexibility index (Phi) is 8.10. The highest BCUT2D eigenvalue weighted by Gasteiger charge is 2.27. The van der Waals surface area contributed by atoms with Crippen LogP contribution in [0, 0.1) is 0 Å². The molecule has 0 saturated carbocycles. The summed E-state index contributed by atoms with van der Waals surface area (Å²) in [5.41, 5.74) is 0. The topological polar surface area (TPSA) is 93.0 Å². The molecule has 0 bridgehead atoms. The monoisotopic (exact) mass is 262 g/mol. The molecule has 0 heterocycles. The highest BCUT2D eigenvalue weighted by Crippen LogP contribution is 2.10. The first-order chi connectivity index (χ1) is 8.33. The second-order valence-electron chi connectivity index (χ2n) is 4.86. The summed E-state index contributed by atoms with van der Waals surface area (Å²) in [6.07, 6.45) is -0.686. The van der Waals surface area contributed by atoms with Crippen LogP contribution in [0.1, 0.15) is 27.7 Å². The van der Waals surface area contributed by atoms with Crippen molar-refractivity contribution in [3.05, 3.63) is 0 Å². The molecule has 4 N–H and O–H groups in total. The van der Waals surface area contributed by atoms with Gasteiger partial charge in [-0.2, -0.15) is 0 Å². The molecule has 1 amide bonds. The minimum atomic E-state index is -0.686.